The monoisotopic (exact) mass is 346 g/mol. The number of aryl methyl sites for hydroxylation is 1. The van der Waals surface area contributed by atoms with Crippen LogP contribution in [-0.4, -0.2) is 13.0 Å². The van der Waals surface area contributed by atoms with Crippen LogP contribution in [0.2, 0.25) is 0 Å². The van der Waals surface area contributed by atoms with E-state index >= 15 is 0 Å². The van der Waals surface area contributed by atoms with Crippen LogP contribution in [0.25, 0.3) is 0 Å². The van der Waals surface area contributed by atoms with E-state index in [1.807, 2.05) is 6.92 Å². The Kier molecular flexibility index (Phi) is 6.58. The van der Waals surface area contributed by atoms with Crippen molar-refractivity contribution in [2.75, 3.05) is 0 Å². The van der Waals surface area contributed by atoms with E-state index in [0.29, 0.717) is 0 Å². The van der Waals surface area contributed by atoms with Crippen LogP contribution in [0.3, 0.4) is 0 Å². The van der Waals surface area contributed by atoms with Crippen LogP contribution in [0.5, 0.6) is 0 Å². The minimum atomic E-state index is -4.02. The Labute approximate surface area is 145 Å². The Morgan fingerprint density at radius 1 is 0.875 bits per heavy atom. The molecule has 0 spiro atoms. The van der Waals surface area contributed by atoms with Gasteiger partial charge in [-0.15, -0.1) is 0 Å². The minimum Gasteiger partial charge on any atom is -0.282 e. The molecule has 0 amide bonds. The number of rotatable bonds is 2. The first kappa shape index (κ1) is 18.7. The molecule has 0 unspecified atom stereocenters. The highest BCUT2D eigenvalue weighted by Gasteiger charge is 2.18. The molecule has 1 N–H and O–H groups in total. The van der Waals surface area contributed by atoms with Crippen LogP contribution in [-0.2, 0) is 10.1 Å². The maximum atomic E-state index is 10.5. The summed E-state index contributed by atoms with van der Waals surface area (Å²) in [6, 6.07) is 17.0. The molecule has 2 aromatic rings. The van der Waals surface area contributed by atoms with E-state index in [9.17, 15) is 8.42 Å². The molecule has 0 aromatic heterocycles. The second kappa shape index (κ2) is 8.45. The SMILES string of the molecule is CC1CCC(c2ccccc2)CC1.Cc1ccc(S(=O)(=O)O)cc1. The molecule has 1 saturated carbocycles. The van der Waals surface area contributed by atoms with Crippen molar-refractivity contribution in [1.82, 2.24) is 0 Å². The van der Waals surface area contributed by atoms with Gasteiger partial charge in [0.2, 0.25) is 0 Å². The lowest BCUT2D eigenvalue weighted by Gasteiger charge is -2.26. The maximum absolute atomic E-state index is 10.5. The van der Waals surface area contributed by atoms with E-state index in [-0.39, 0.29) is 4.90 Å². The molecule has 3 rings (SSSR count). The average molecular weight is 346 g/mol. The molecule has 0 saturated heterocycles. The first-order chi connectivity index (χ1) is 11.4. The predicted octanol–water partition coefficient (Wildman–Crippen LogP) is 5.22. The summed E-state index contributed by atoms with van der Waals surface area (Å²) < 4.78 is 29.6. The molecule has 0 atom stereocenters. The zero-order chi connectivity index (χ0) is 17.6. The van der Waals surface area contributed by atoms with Gasteiger partial charge in [0.25, 0.3) is 10.1 Å². The number of hydrogen-bond acceptors (Lipinski definition) is 2. The van der Waals surface area contributed by atoms with Crippen molar-refractivity contribution in [3.63, 3.8) is 0 Å². The second-order valence-corrected chi connectivity index (χ2v) is 8.08. The second-order valence-electron chi connectivity index (χ2n) is 6.66. The van der Waals surface area contributed by atoms with Gasteiger partial charge in [0.1, 0.15) is 0 Å². The predicted molar refractivity (Wildman–Crippen MR) is 97.8 cm³/mol. The number of benzene rings is 2. The molecular weight excluding hydrogens is 320 g/mol. The summed E-state index contributed by atoms with van der Waals surface area (Å²) in [6.45, 7) is 4.22. The first-order valence-corrected chi connectivity index (χ1v) is 9.89. The van der Waals surface area contributed by atoms with Gasteiger partial charge in [-0.3, -0.25) is 4.55 Å². The Bertz CT molecular complexity index is 713. The minimum absolute atomic E-state index is 0.0666. The molecule has 1 fully saturated rings. The Morgan fingerprint density at radius 2 is 1.42 bits per heavy atom. The highest BCUT2D eigenvalue weighted by Crippen LogP contribution is 2.35. The van der Waals surface area contributed by atoms with Crippen LogP contribution in [0.1, 0.15) is 49.7 Å². The summed E-state index contributed by atoms with van der Waals surface area (Å²) >= 11 is 0. The largest absolute Gasteiger partial charge is 0.294 e. The van der Waals surface area contributed by atoms with E-state index in [0.717, 1.165) is 17.4 Å². The summed E-state index contributed by atoms with van der Waals surface area (Å²) in [7, 11) is -4.02. The highest BCUT2D eigenvalue weighted by molar-refractivity contribution is 7.85. The van der Waals surface area contributed by atoms with Gasteiger partial charge in [0, 0.05) is 0 Å². The molecule has 0 heterocycles. The third-order valence-corrected chi connectivity index (χ3v) is 5.47. The molecule has 1 aliphatic rings. The fourth-order valence-corrected chi connectivity index (χ4v) is 3.51. The van der Waals surface area contributed by atoms with Gasteiger partial charge in [0.05, 0.1) is 4.90 Å². The van der Waals surface area contributed by atoms with Gasteiger partial charge in [-0.25, -0.2) is 0 Å². The van der Waals surface area contributed by atoms with Gasteiger partial charge in [0.15, 0.2) is 0 Å². The lowest BCUT2D eigenvalue weighted by atomic mass is 9.79. The summed E-state index contributed by atoms with van der Waals surface area (Å²) in [5.41, 5.74) is 2.51. The van der Waals surface area contributed by atoms with Gasteiger partial charge < -0.3 is 0 Å². The molecule has 130 valence electrons. The van der Waals surface area contributed by atoms with Crippen molar-refractivity contribution < 1.29 is 13.0 Å². The van der Waals surface area contributed by atoms with Crippen molar-refractivity contribution in [2.45, 2.75) is 50.3 Å². The molecule has 0 radical (unpaired) electrons. The van der Waals surface area contributed by atoms with Crippen molar-refractivity contribution in [2.24, 2.45) is 5.92 Å². The van der Waals surface area contributed by atoms with E-state index in [4.69, 9.17) is 4.55 Å². The number of hydrogen-bond donors (Lipinski definition) is 1. The standard InChI is InChI=1S/C13H18.C7H8O3S/c1-11-7-9-13(10-8-11)12-5-3-2-4-6-12;1-6-2-4-7(5-3-6)11(8,9)10/h2-6,11,13H,7-10H2,1H3;2-5H,1H3,(H,8,9,10). The quantitative estimate of drug-likeness (QED) is 0.758. The Morgan fingerprint density at radius 3 is 1.92 bits per heavy atom. The topological polar surface area (TPSA) is 54.4 Å². The normalized spacial score (nSPS) is 20.8. The van der Waals surface area contributed by atoms with Gasteiger partial charge in [-0.05, 0) is 49.3 Å². The van der Waals surface area contributed by atoms with Crippen molar-refractivity contribution in [3.05, 3.63) is 65.7 Å². The molecule has 0 bridgehead atoms. The van der Waals surface area contributed by atoms with Crippen molar-refractivity contribution >= 4 is 10.1 Å². The summed E-state index contributed by atoms with van der Waals surface area (Å²) in [6.07, 6.45) is 5.62. The van der Waals surface area contributed by atoms with Crippen LogP contribution < -0.4 is 0 Å². The molecule has 0 aliphatic heterocycles. The first-order valence-electron chi connectivity index (χ1n) is 8.45. The van der Waals surface area contributed by atoms with Crippen molar-refractivity contribution in [1.29, 1.82) is 0 Å². The molecule has 1 aliphatic carbocycles. The summed E-state index contributed by atoms with van der Waals surface area (Å²) in [5, 5.41) is 0. The van der Waals surface area contributed by atoms with Crippen molar-refractivity contribution in [3.8, 4) is 0 Å². The van der Waals surface area contributed by atoms with E-state index in [2.05, 4.69) is 37.3 Å². The van der Waals surface area contributed by atoms with E-state index in [1.54, 1.807) is 17.7 Å². The molecule has 3 nitrogen and oxygen atoms in total. The fraction of sp³-hybridized carbons (Fsp3) is 0.400. The average Bonchev–Trinajstić information content (AvgIpc) is 2.56. The zero-order valence-corrected chi connectivity index (χ0v) is 15.2. The van der Waals surface area contributed by atoms with Gasteiger partial charge in [-0.2, -0.15) is 8.42 Å². The lowest BCUT2D eigenvalue weighted by molar-refractivity contribution is 0.348. The van der Waals surface area contributed by atoms with Crippen LogP contribution >= 0.6 is 0 Å². The lowest BCUT2D eigenvalue weighted by Crippen LogP contribution is -2.10. The third kappa shape index (κ3) is 5.77. The molecule has 24 heavy (non-hydrogen) atoms. The molecule has 2 aromatic carbocycles. The van der Waals surface area contributed by atoms with E-state index in [1.165, 1.54) is 37.8 Å². The third-order valence-electron chi connectivity index (χ3n) is 4.61. The summed E-state index contributed by atoms with van der Waals surface area (Å²) in [4.78, 5) is -0.0666. The van der Waals surface area contributed by atoms with Crippen LogP contribution in [0.4, 0.5) is 0 Å². The smallest absolute Gasteiger partial charge is 0.282 e. The van der Waals surface area contributed by atoms with Crippen LogP contribution in [0, 0.1) is 12.8 Å². The Hall–Kier alpha value is -1.65. The van der Waals surface area contributed by atoms with Crippen LogP contribution in [0.15, 0.2) is 59.5 Å². The zero-order valence-electron chi connectivity index (χ0n) is 14.4. The Balaban J connectivity index is 0.000000177. The maximum Gasteiger partial charge on any atom is 0.294 e. The van der Waals surface area contributed by atoms with Gasteiger partial charge in [-0.1, -0.05) is 67.8 Å². The highest BCUT2D eigenvalue weighted by atomic mass is 32.2. The molecule has 4 heteroatoms. The molecular formula is C20H26O3S. The van der Waals surface area contributed by atoms with E-state index < -0.39 is 10.1 Å². The van der Waals surface area contributed by atoms with Gasteiger partial charge >= 0.3 is 0 Å². The fourth-order valence-electron chi connectivity index (χ4n) is 3.03. The summed E-state index contributed by atoms with van der Waals surface area (Å²) in [5.74, 6) is 1.80.